The SMILES string of the molecule is C/C(=N/NC(=O)CCCCCCCC(=O)N/N=C(\C)c1ccc2c(c1)OCCO2)c1ccc2c(c1)OCCO2. The van der Waals surface area contributed by atoms with Crippen LogP contribution in [-0.2, 0) is 9.59 Å². The van der Waals surface area contributed by atoms with Gasteiger partial charge in [0.1, 0.15) is 26.4 Å². The molecule has 0 atom stereocenters. The summed E-state index contributed by atoms with van der Waals surface area (Å²) in [7, 11) is 0. The summed E-state index contributed by atoms with van der Waals surface area (Å²) in [5.74, 6) is 2.60. The molecule has 4 rings (SSSR count). The summed E-state index contributed by atoms with van der Waals surface area (Å²) in [5, 5.41) is 8.43. The van der Waals surface area contributed by atoms with Gasteiger partial charge in [0.05, 0.1) is 11.4 Å². The smallest absolute Gasteiger partial charge is 0.240 e. The Morgan fingerprint density at radius 2 is 1.00 bits per heavy atom. The van der Waals surface area contributed by atoms with Crippen molar-refractivity contribution in [2.75, 3.05) is 26.4 Å². The van der Waals surface area contributed by atoms with Gasteiger partial charge in [0.25, 0.3) is 0 Å². The first-order chi connectivity index (χ1) is 19.0. The van der Waals surface area contributed by atoms with E-state index in [2.05, 4.69) is 21.1 Å². The number of benzene rings is 2. The highest BCUT2D eigenvalue weighted by atomic mass is 16.6. The van der Waals surface area contributed by atoms with Gasteiger partial charge in [-0.2, -0.15) is 10.2 Å². The molecule has 2 aromatic carbocycles. The third-order valence-corrected chi connectivity index (χ3v) is 6.42. The number of hydrogen-bond acceptors (Lipinski definition) is 8. The lowest BCUT2D eigenvalue weighted by Gasteiger charge is -2.18. The molecule has 10 nitrogen and oxygen atoms in total. The van der Waals surface area contributed by atoms with Crippen molar-refractivity contribution in [2.24, 2.45) is 10.2 Å². The number of amides is 2. The highest BCUT2D eigenvalue weighted by molar-refractivity contribution is 6.00. The van der Waals surface area contributed by atoms with Gasteiger partial charge < -0.3 is 18.9 Å². The van der Waals surface area contributed by atoms with Crippen LogP contribution in [0, 0.1) is 0 Å². The monoisotopic (exact) mass is 536 g/mol. The fourth-order valence-electron chi connectivity index (χ4n) is 4.17. The van der Waals surface area contributed by atoms with E-state index in [-0.39, 0.29) is 11.8 Å². The standard InChI is InChI=1S/C29H36N4O6/c1-20(22-10-12-24-26(18-22)38-16-14-36-24)30-32-28(34)8-6-4-3-5-7-9-29(35)33-31-21(2)23-11-13-25-27(19-23)39-17-15-37-25/h10-13,18-19H,3-9,14-17H2,1-2H3,(H,32,34)(H,33,35)/b30-20-,31-21+. The van der Waals surface area contributed by atoms with Crippen molar-refractivity contribution in [1.29, 1.82) is 0 Å². The Morgan fingerprint density at radius 3 is 1.44 bits per heavy atom. The number of ether oxygens (including phenoxy) is 4. The molecule has 0 radical (unpaired) electrons. The zero-order chi connectivity index (χ0) is 27.5. The molecule has 0 spiro atoms. The van der Waals surface area contributed by atoms with E-state index in [1.807, 2.05) is 50.2 Å². The fraction of sp³-hybridized carbons (Fsp3) is 0.448. The summed E-state index contributed by atoms with van der Waals surface area (Å²) in [6, 6.07) is 11.2. The number of hydrogen-bond donors (Lipinski definition) is 2. The predicted octanol–water partition coefficient (Wildman–Crippen LogP) is 4.34. The number of carbonyl (C=O) groups excluding carboxylic acids is 2. The normalized spacial score (nSPS) is 14.5. The second kappa shape index (κ2) is 14.2. The third-order valence-electron chi connectivity index (χ3n) is 6.42. The van der Waals surface area contributed by atoms with Crippen LogP contribution in [0.2, 0.25) is 0 Å². The average Bonchev–Trinajstić information content (AvgIpc) is 2.97. The molecule has 2 aliphatic heterocycles. The van der Waals surface area contributed by atoms with Crippen LogP contribution in [0.1, 0.15) is 69.9 Å². The van der Waals surface area contributed by atoms with E-state index in [4.69, 9.17) is 18.9 Å². The topological polar surface area (TPSA) is 120 Å². The van der Waals surface area contributed by atoms with E-state index in [0.717, 1.165) is 54.7 Å². The van der Waals surface area contributed by atoms with Crippen LogP contribution in [0.15, 0.2) is 46.6 Å². The Hall–Kier alpha value is -4.08. The lowest BCUT2D eigenvalue weighted by molar-refractivity contribution is -0.121. The largest absolute Gasteiger partial charge is 0.486 e. The van der Waals surface area contributed by atoms with Crippen LogP contribution in [0.5, 0.6) is 23.0 Å². The van der Waals surface area contributed by atoms with Crippen molar-refractivity contribution in [3.63, 3.8) is 0 Å². The fourth-order valence-corrected chi connectivity index (χ4v) is 4.17. The zero-order valence-corrected chi connectivity index (χ0v) is 22.6. The summed E-state index contributed by atoms with van der Waals surface area (Å²) in [6.07, 6.45) is 5.16. The third kappa shape index (κ3) is 8.46. The van der Waals surface area contributed by atoms with E-state index in [0.29, 0.717) is 62.2 Å². The Balaban J connectivity index is 1.06. The van der Waals surface area contributed by atoms with Crippen molar-refractivity contribution in [3.05, 3.63) is 47.5 Å². The molecule has 39 heavy (non-hydrogen) atoms. The van der Waals surface area contributed by atoms with Gasteiger partial charge >= 0.3 is 0 Å². The molecule has 2 aromatic rings. The molecule has 0 saturated heterocycles. The summed E-state index contributed by atoms with van der Waals surface area (Å²) >= 11 is 0. The molecule has 0 aliphatic carbocycles. The van der Waals surface area contributed by atoms with Crippen molar-refractivity contribution < 1.29 is 28.5 Å². The maximum Gasteiger partial charge on any atom is 0.240 e. The van der Waals surface area contributed by atoms with Crippen molar-refractivity contribution in [1.82, 2.24) is 10.9 Å². The van der Waals surface area contributed by atoms with Gasteiger partial charge in [-0.3, -0.25) is 9.59 Å². The van der Waals surface area contributed by atoms with Gasteiger partial charge in [0.15, 0.2) is 23.0 Å². The Kier molecular flexibility index (Phi) is 10.2. The number of hydrazone groups is 2. The molecular formula is C29H36N4O6. The second-order valence-electron chi connectivity index (χ2n) is 9.45. The number of unbranched alkanes of at least 4 members (excludes halogenated alkanes) is 4. The van der Waals surface area contributed by atoms with Crippen LogP contribution in [0.4, 0.5) is 0 Å². The minimum absolute atomic E-state index is 0.113. The van der Waals surface area contributed by atoms with Gasteiger partial charge in [-0.25, -0.2) is 10.9 Å². The maximum absolute atomic E-state index is 12.1. The molecule has 0 saturated carbocycles. The highest BCUT2D eigenvalue weighted by Crippen LogP contribution is 2.31. The zero-order valence-electron chi connectivity index (χ0n) is 22.6. The summed E-state index contributed by atoms with van der Waals surface area (Å²) in [6.45, 7) is 5.81. The van der Waals surface area contributed by atoms with Crippen LogP contribution in [0.3, 0.4) is 0 Å². The van der Waals surface area contributed by atoms with E-state index >= 15 is 0 Å². The average molecular weight is 537 g/mol. The number of nitrogens with one attached hydrogen (secondary N) is 2. The van der Waals surface area contributed by atoms with Gasteiger partial charge in [0.2, 0.25) is 11.8 Å². The number of nitrogens with zero attached hydrogens (tertiary/aromatic N) is 2. The van der Waals surface area contributed by atoms with E-state index in [9.17, 15) is 9.59 Å². The maximum atomic E-state index is 12.1. The second-order valence-corrected chi connectivity index (χ2v) is 9.45. The summed E-state index contributed by atoms with van der Waals surface area (Å²) < 4.78 is 22.3. The minimum atomic E-state index is -0.113. The molecule has 0 bridgehead atoms. The molecule has 10 heteroatoms. The van der Waals surface area contributed by atoms with Gasteiger partial charge in [-0.05, 0) is 63.1 Å². The number of fused-ring (bicyclic) bond motifs is 2. The number of carbonyl (C=O) groups is 2. The molecule has 2 N–H and O–H groups in total. The van der Waals surface area contributed by atoms with E-state index in [1.165, 1.54) is 0 Å². The van der Waals surface area contributed by atoms with Gasteiger partial charge in [-0.1, -0.05) is 19.3 Å². The summed E-state index contributed by atoms with van der Waals surface area (Å²) in [4.78, 5) is 24.3. The Morgan fingerprint density at radius 1 is 0.615 bits per heavy atom. The first kappa shape index (κ1) is 27.9. The highest BCUT2D eigenvalue weighted by Gasteiger charge is 2.14. The molecule has 0 unspecified atom stereocenters. The van der Waals surface area contributed by atoms with E-state index < -0.39 is 0 Å². The minimum Gasteiger partial charge on any atom is -0.486 e. The first-order valence-electron chi connectivity index (χ1n) is 13.5. The molecule has 2 heterocycles. The first-order valence-corrected chi connectivity index (χ1v) is 13.5. The van der Waals surface area contributed by atoms with Crippen LogP contribution in [0.25, 0.3) is 0 Å². The van der Waals surface area contributed by atoms with Gasteiger partial charge in [-0.15, -0.1) is 0 Å². The van der Waals surface area contributed by atoms with Crippen molar-refractivity contribution in [3.8, 4) is 23.0 Å². The van der Waals surface area contributed by atoms with Crippen molar-refractivity contribution >= 4 is 23.2 Å². The molecule has 0 fully saturated rings. The lowest BCUT2D eigenvalue weighted by atomic mass is 10.1. The van der Waals surface area contributed by atoms with Crippen LogP contribution in [-0.4, -0.2) is 49.7 Å². The Labute approximate surface area is 228 Å². The van der Waals surface area contributed by atoms with Crippen LogP contribution < -0.4 is 29.8 Å². The molecule has 2 aliphatic rings. The molecular weight excluding hydrogens is 500 g/mol. The summed E-state index contributed by atoms with van der Waals surface area (Å²) in [5.41, 5.74) is 8.39. The van der Waals surface area contributed by atoms with Crippen molar-refractivity contribution in [2.45, 2.75) is 58.8 Å². The molecule has 0 aromatic heterocycles. The predicted molar refractivity (Wildman–Crippen MR) is 148 cm³/mol. The number of rotatable bonds is 12. The Bertz CT molecular complexity index is 1130. The van der Waals surface area contributed by atoms with Crippen LogP contribution >= 0.6 is 0 Å². The van der Waals surface area contributed by atoms with E-state index in [1.54, 1.807) is 0 Å². The molecule has 2 amide bonds. The molecule has 208 valence electrons. The quantitative estimate of drug-likeness (QED) is 0.237. The van der Waals surface area contributed by atoms with Gasteiger partial charge in [0, 0.05) is 24.0 Å². The lowest BCUT2D eigenvalue weighted by Crippen LogP contribution is -2.19.